The summed E-state index contributed by atoms with van der Waals surface area (Å²) in [7, 11) is 0. The third-order valence-corrected chi connectivity index (χ3v) is 4.91. The van der Waals surface area contributed by atoms with Crippen molar-refractivity contribution in [3.8, 4) is 0 Å². The zero-order chi connectivity index (χ0) is 15.7. The first-order valence-corrected chi connectivity index (χ1v) is 8.41. The van der Waals surface area contributed by atoms with E-state index < -0.39 is 0 Å². The lowest BCUT2D eigenvalue weighted by molar-refractivity contribution is 0.103. The standard InChI is InChI=1S/C15H17ClN4OS/c1-9-13(19-14(21)11-5-6-12(16)22-11)10(2)18-15(17-9)20-7-3-4-8-20/h5-6H,3-4,7-8H2,1-2H3,(H,19,21). The minimum Gasteiger partial charge on any atom is -0.341 e. The number of carbonyl (C=O) groups excluding carboxylic acids is 1. The van der Waals surface area contributed by atoms with Crippen LogP contribution in [0.1, 0.15) is 33.9 Å². The van der Waals surface area contributed by atoms with Gasteiger partial charge in [0.2, 0.25) is 5.95 Å². The van der Waals surface area contributed by atoms with Gasteiger partial charge in [0, 0.05) is 13.1 Å². The summed E-state index contributed by atoms with van der Waals surface area (Å²) in [5, 5.41) is 2.90. The Labute approximate surface area is 138 Å². The fourth-order valence-corrected chi connectivity index (χ4v) is 3.49. The average Bonchev–Trinajstić information content (AvgIpc) is 3.13. The van der Waals surface area contributed by atoms with Crippen LogP contribution in [-0.2, 0) is 0 Å². The van der Waals surface area contributed by atoms with E-state index >= 15 is 0 Å². The Kier molecular flexibility index (Phi) is 4.31. The molecule has 0 saturated carbocycles. The van der Waals surface area contributed by atoms with Crippen molar-refractivity contribution in [1.82, 2.24) is 9.97 Å². The molecule has 0 aromatic carbocycles. The van der Waals surface area contributed by atoms with Crippen molar-refractivity contribution in [2.45, 2.75) is 26.7 Å². The van der Waals surface area contributed by atoms with Crippen LogP contribution < -0.4 is 10.2 Å². The molecule has 0 spiro atoms. The van der Waals surface area contributed by atoms with Crippen molar-refractivity contribution in [3.05, 3.63) is 32.7 Å². The highest BCUT2D eigenvalue weighted by Gasteiger charge is 2.19. The summed E-state index contributed by atoms with van der Waals surface area (Å²) in [6.45, 7) is 5.78. The Morgan fingerprint density at radius 3 is 2.41 bits per heavy atom. The van der Waals surface area contributed by atoms with Gasteiger partial charge in [-0.1, -0.05) is 11.6 Å². The largest absolute Gasteiger partial charge is 0.341 e. The third kappa shape index (κ3) is 3.08. The van der Waals surface area contributed by atoms with Crippen molar-refractivity contribution < 1.29 is 4.79 Å². The van der Waals surface area contributed by atoms with E-state index in [1.54, 1.807) is 12.1 Å². The van der Waals surface area contributed by atoms with E-state index in [0.717, 1.165) is 30.4 Å². The summed E-state index contributed by atoms with van der Waals surface area (Å²) in [5.74, 6) is 0.574. The van der Waals surface area contributed by atoms with Crippen molar-refractivity contribution in [2.75, 3.05) is 23.3 Å². The van der Waals surface area contributed by atoms with Crippen LogP contribution in [0.15, 0.2) is 12.1 Å². The molecule has 1 fully saturated rings. The van der Waals surface area contributed by atoms with Gasteiger partial charge < -0.3 is 10.2 Å². The van der Waals surface area contributed by atoms with E-state index in [4.69, 9.17) is 11.6 Å². The van der Waals surface area contributed by atoms with E-state index in [1.807, 2.05) is 13.8 Å². The number of nitrogens with one attached hydrogen (secondary N) is 1. The Bertz CT molecular complexity index is 686. The van der Waals surface area contributed by atoms with Gasteiger partial charge in [-0.15, -0.1) is 11.3 Å². The van der Waals surface area contributed by atoms with Crippen molar-refractivity contribution in [1.29, 1.82) is 0 Å². The molecule has 1 aliphatic heterocycles. The molecule has 2 aromatic heterocycles. The van der Waals surface area contributed by atoms with Crippen LogP contribution in [0.2, 0.25) is 4.34 Å². The molecule has 0 unspecified atom stereocenters. The molecule has 1 aliphatic rings. The fourth-order valence-electron chi connectivity index (χ4n) is 2.55. The Morgan fingerprint density at radius 2 is 1.86 bits per heavy atom. The Morgan fingerprint density at radius 1 is 1.23 bits per heavy atom. The van der Waals surface area contributed by atoms with Crippen LogP contribution >= 0.6 is 22.9 Å². The number of carbonyl (C=O) groups is 1. The molecule has 0 radical (unpaired) electrons. The number of aromatic nitrogens is 2. The van der Waals surface area contributed by atoms with Crippen molar-refractivity contribution in [2.24, 2.45) is 0 Å². The van der Waals surface area contributed by atoms with Gasteiger partial charge in [0.25, 0.3) is 5.91 Å². The first kappa shape index (κ1) is 15.2. The summed E-state index contributed by atoms with van der Waals surface area (Å²) in [4.78, 5) is 24.1. The molecule has 1 amide bonds. The SMILES string of the molecule is Cc1nc(N2CCCC2)nc(C)c1NC(=O)c1ccc(Cl)s1. The molecular weight excluding hydrogens is 320 g/mol. The lowest BCUT2D eigenvalue weighted by atomic mass is 10.2. The quantitative estimate of drug-likeness (QED) is 0.929. The van der Waals surface area contributed by atoms with Crippen molar-refractivity contribution in [3.63, 3.8) is 0 Å². The van der Waals surface area contributed by atoms with Gasteiger partial charge in [-0.2, -0.15) is 0 Å². The number of hydrogen-bond acceptors (Lipinski definition) is 5. The first-order chi connectivity index (χ1) is 10.5. The van der Waals surface area contributed by atoms with Crippen molar-refractivity contribution >= 4 is 40.5 Å². The second-order valence-corrected chi connectivity index (χ2v) is 7.04. The maximum absolute atomic E-state index is 12.2. The molecule has 0 bridgehead atoms. The topological polar surface area (TPSA) is 58.1 Å². The van der Waals surface area contributed by atoms with Gasteiger partial charge in [0.15, 0.2) is 0 Å². The molecule has 1 N–H and O–H groups in total. The second kappa shape index (κ2) is 6.22. The number of amides is 1. The molecule has 0 aliphatic carbocycles. The van der Waals surface area contributed by atoms with Gasteiger partial charge in [-0.25, -0.2) is 9.97 Å². The number of nitrogens with zero attached hydrogens (tertiary/aromatic N) is 3. The third-order valence-electron chi connectivity index (χ3n) is 3.68. The second-order valence-electron chi connectivity index (χ2n) is 5.32. The zero-order valence-corrected chi connectivity index (χ0v) is 14.1. The van der Waals surface area contributed by atoms with Crippen LogP contribution in [0.5, 0.6) is 0 Å². The summed E-state index contributed by atoms with van der Waals surface area (Å²) in [6.07, 6.45) is 2.36. The van der Waals surface area contributed by atoms with E-state index in [9.17, 15) is 4.79 Å². The molecule has 3 heterocycles. The minimum absolute atomic E-state index is 0.180. The predicted molar refractivity (Wildman–Crippen MR) is 90.2 cm³/mol. The summed E-state index contributed by atoms with van der Waals surface area (Å²) in [5.41, 5.74) is 2.24. The molecule has 116 valence electrons. The van der Waals surface area contributed by atoms with Crippen LogP contribution in [0, 0.1) is 13.8 Å². The predicted octanol–water partition coefficient (Wildman–Crippen LogP) is 3.66. The first-order valence-electron chi connectivity index (χ1n) is 7.21. The lowest BCUT2D eigenvalue weighted by Gasteiger charge is -2.18. The van der Waals surface area contributed by atoms with Crippen LogP contribution in [0.3, 0.4) is 0 Å². The highest BCUT2D eigenvalue weighted by Crippen LogP contribution is 2.25. The van der Waals surface area contributed by atoms with E-state index in [2.05, 4.69) is 20.2 Å². The minimum atomic E-state index is -0.180. The number of anilines is 2. The molecule has 1 saturated heterocycles. The molecule has 2 aromatic rings. The summed E-state index contributed by atoms with van der Waals surface area (Å²) in [6, 6.07) is 3.43. The number of thiophene rings is 1. The normalized spacial score (nSPS) is 14.4. The number of halogens is 1. The summed E-state index contributed by atoms with van der Waals surface area (Å²) >= 11 is 7.13. The highest BCUT2D eigenvalue weighted by molar-refractivity contribution is 7.18. The fraction of sp³-hybridized carbons (Fsp3) is 0.400. The van der Waals surface area contributed by atoms with E-state index in [1.165, 1.54) is 24.2 Å². The molecule has 0 atom stereocenters. The smallest absolute Gasteiger partial charge is 0.265 e. The molecular formula is C15H17ClN4OS. The number of aryl methyl sites for hydroxylation is 2. The highest BCUT2D eigenvalue weighted by atomic mass is 35.5. The van der Waals surface area contributed by atoms with E-state index in [-0.39, 0.29) is 5.91 Å². The monoisotopic (exact) mass is 336 g/mol. The van der Waals surface area contributed by atoms with Crippen LogP contribution in [-0.4, -0.2) is 29.0 Å². The average molecular weight is 337 g/mol. The summed E-state index contributed by atoms with van der Waals surface area (Å²) < 4.78 is 0.597. The molecule has 3 rings (SSSR count). The van der Waals surface area contributed by atoms with Crippen LogP contribution in [0.25, 0.3) is 0 Å². The molecule has 22 heavy (non-hydrogen) atoms. The Hall–Kier alpha value is -1.66. The maximum Gasteiger partial charge on any atom is 0.265 e. The maximum atomic E-state index is 12.2. The Balaban J connectivity index is 1.83. The van der Waals surface area contributed by atoms with Gasteiger partial charge in [-0.05, 0) is 38.8 Å². The zero-order valence-electron chi connectivity index (χ0n) is 12.5. The van der Waals surface area contributed by atoms with Crippen LogP contribution in [0.4, 0.5) is 11.6 Å². The van der Waals surface area contributed by atoms with Gasteiger partial charge in [-0.3, -0.25) is 4.79 Å². The molecule has 7 heteroatoms. The van der Waals surface area contributed by atoms with Gasteiger partial charge >= 0.3 is 0 Å². The number of hydrogen-bond donors (Lipinski definition) is 1. The van der Waals surface area contributed by atoms with Gasteiger partial charge in [0.1, 0.15) is 0 Å². The van der Waals surface area contributed by atoms with E-state index in [0.29, 0.717) is 14.9 Å². The molecule has 5 nitrogen and oxygen atoms in total. The van der Waals surface area contributed by atoms with Gasteiger partial charge in [0.05, 0.1) is 26.3 Å². The number of rotatable bonds is 3. The lowest BCUT2D eigenvalue weighted by Crippen LogP contribution is -2.22.